The van der Waals surface area contributed by atoms with Crippen LogP contribution in [0.4, 0.5) is 8.78 Å². The van der Waals surface area contributed by atoms with Crippen molar-refractivity contribution >= 4 is 5.97 Å². The maximum absolute atomic E-state index is 13.6. The Morgan fingerprint density at radius 2 is 2.06 bits per heavy atom. The Morgan fingerprint density at radius 3 is 2.53 bits per heavy atom. The Morgan fingerprint density at radius 1 is 1.41 bits per heavy atom. The molecule has 1 atom stereocenters. The minimum absolute atomic E-state index is 0.0171. The molecule has 0 heterocycles. The van der Waals surface area contributed by atoms with E-state index in [0.29, 0.717) is 0 Å². The Bertz CT molecular complexity index is 398. The van der Waals surface area contributed by atoms with E-state index in [0.717, 1.165) is 0 Å². The normalized spacial score (nSPS) is 14.3. The second kappa shape index (κ2) is 5.72. The van der Waals surface area contributed by atoms with Gasteiger partial charge >= 0.3 is 5.97 Å². The van der Waals surface area contributed by atoms with Crippen LogP contribution in [0, 0.1) is 5.82 Å². The fourth-order valence-electron chi connectivity index (χ4n) is 1.87. The third-order valence-electron chi connectivity index (χ3n) is 2.88. The van der Waals surface area contributed by atoms with E-state index in [2.05, 4.69) is 0 Å². The first kappa shape index (κ1) is 13.6. The largest absolute Gasteiger partial charge is 0.481 e. The van der Waals surface area contributed by atoms with Crippen LogP contribution in [0.25, 0.3) is 0 Å². The van der Waals surface area contributed by atoms with Gasteiger partial charge in [-0.15, -0.1) is 0 Å². The van der Waals surface area contributed by atoms with E-state index in [1.54, 1.807) is 6.07 Å². The molecule has 3 N–H and O–H groups in total. The molecule has 1 aromatic rings. The van der Waals surface area contributed by atoms with Gasteiger partial charge in [-0.1, -0.05) is 18.2 Å². The van der Waals surface area contributed by atoms with Crippen LogP contribution in [0.2, 0.25) is 0 Å². The van der Waals surface area contributed by atoms with Gasteiger partial charge in [0.1, 0.15) is 11.2 Å². The van der Waals surface area contributed by atoms with Crippen molar-refractivity contribution in [3.05, 3.63) is 35.6 Å². The van der Waals surface area contributed by atoms with Gasteiger partial charge in [0.2, 0.25) is 0 Å². The number of hydrogen-bond acceptors (Lipinski definition) is 2. The number of nitrogens with two attached hydrogens (primary N) is 1. The molecule has 94 valence electrons. The van der Waals surface area contributed by atoms with Crippen LogP contribution in [-0.4, -0.2) is 24.3 Å². The number of carboxylic acids is 1. The predicted molar refractivity (Wildman–Crippen MR) is 60.0 cm³/mol. The van der Waals surface area contributed by atoms with Crippen molar-refractivity contribution < 1.29 is 18.7 Å². The van der Waals surface area contributed by atoms with Gasteiger partial charge < -0.3 is 10.8 Å². The lowest BCUT2D eigenvalue weighted by Crippen LogP contribution is -2.43. The van der Waals surface area contributed by atoms with Crippen molar-refractivity contribution in [2.45, 2.75) is 18.3 Å². The summed E-state index contributed by atoms with van der Waals surface area (Å²) >= 11 is 0. The molecule has 0 aromatic heterocycles. The van der Waals surface area contributed by atoms with Gasteiger partial charge in [-0.25, -0.2) is 4.39 Å². The maximum atomic E-state index is 13.6. The van der Waals surface area contributed by atoms with Crippen molar-refractivity contribution in [3.63, 3.8) is 0 Å². The molecule has 0 amide bonds. The molecular formula is C12H15F2NO2. The third kappa shape index (κ3) is 2.61. The van der Waals surface area contributed by atoms with Crippen molar-refractivity contribution in [1.29, 1.82) is 0 Å². The zero-order valence-electron chi connectivity index (χ0n) is 9.33. The summed E-state index contributed by atoms with van der Waals surface area (Å²) in [6.07, 6.45) is 0.0219. The third-order valence-corrected chi connectivity index (χ3v) is 2.88. The molecule has 0 saturated heterocycles. The van der Waals surface area contributed by atoms with Crippen molar-refractivity contribution in [2.75, 3.05) is 13.2 Å². The van der Waals surface area contributed by atoms with E-state index >= 15 is 0 Å². The molecule has 1 aromatic carbocycles. The van der Waals surface area contributed by atoms with Gasteiger partial charge in [0.25, 0.3) is 0 Å². The first-order valence-electron chi connectivity index (χ1n) is 5.33. The molecule has 1 rings (SSSR count). The van der Waals surface area contributed by atoms with Crippen LogP contribution in [0.5, 0.6) is 0 Å². The highest BCUT2D eigenvalue weighted by molar-refractivity contribution is 5.81. The average molecular weight is 243 g/mol. The molecule has 0 saturated carbocycles. The summed E-state index contributed by atoms with van der Waals surface area (Å²) in [5, 5.41) is 9.26. The van der Waals surface area contributed by atoms with Gasteiger partial charge in [-0.05, 0) is 18.9 Å². The Balaban J connectivity index is 3.22. The number of alkyl halides is 1. The lowest BCUT2D eigenvalue weighted by molar-refractivity contribution is -0.144. The molecule has 0 aliphatic rings. The highest BCUT2D eigenvalue weighted by atomic mass is 19.1. The highest BCUT2D eigenvalue weighted by Crippen LogP contribution is 2.31. The summed E-state index contributed by atoms with van der Waals surface area (Å²) in [5.74, 6) is -1.85. The molecule has 1 unspecified atom stereocenters. The van der Waals surface area contributed by atoms with Gasteiger partial charge in [-0.3, -0.25) is 9.18 Å². The second-order valence-electron chi connectivity index (χ2n) is 3.86. The molecule has 0 aliphatic heterocycles. The van der Waals surface area contributed by atoms with Crippen LogP contribution >= 0.6 is 0 Å². The number of benzene rings is 1. The minimum atomic E-state index is -1.54. The fraction of sp³-hybridized carbons (Fsp3) is 0.417. The fourth-order valence-corrected chi connectivity index (χ4v) is 1.87. The molecule has 3 nitrogen and oxygen atoms in total. The van der Waals surface area contributed by atoms with Crippen LogP contribution < -0.4 is 5.73 Å². The molecule has 17 heavy (non-hydrogen) atoms. The molecule has 0 radical (unpaired) electrons. The quantitative estimate of drug-likeness (QED) is 0.801. The molecule has 0 bridgehead atoms. The predicted octanol–water partition coefficient (Wildman–Crippen LogP) is 1.86. The zero-order valence-corrected chi connectivity index (χ0v) is 9.33. The maximum Gasteiger partial charge on any atom is 0.315 e. The molecular weight excluding hydrogens is 228 g/mol. The lowest BCUT2D eigenvalue weighted by Gasteiger charge is -2.28. The van der Waals surface area contributed by atoms with Crippen LogP contribution in [-0.2, 0) is 10.2 Å². The smallest absolute Gasteiger partial charge is 0.315 e. The van der Waals surface area contributed by atoms with Crippen molar-refractivity contribution in [1.82, 2.24) is 0 Å². The first-order chi connectivity index (χ1) is 8.08. The number of rotatable bonds is 6. The van der Waals surface area contributed by atoms with Gasteiger partial charge in [0.05, 0.1) is 6.67 Å². The summed E-state index contributed by atoms with van der Waals surface area (Å²) in [7, 11) is 0. The number of carbonyl (C=O) groups is 1. The zero-order chi connectivity index (χ0) is 12.9. The number of aliphatic carboxylic acids is 1. The van der Waals surface area contributed by atoms with Gasteiger partial charge in [-0.2, -0.15) is 0 Å². The standard InChI is InChI=1S/C12H15F2NO2/c13-7-3-6-12(8-15,11(16)17)9-4-1-2-5-10(9)14/h1-2,4-5H,3,6-8,15H2,(H,16,17). The minimum Gasteiger partial charge on any atom is -0.481 e. The summed E-state index contributed by atoms with van der Waals surface area (Å²) in [4.78, 5) is 11.3. The van der Waals surface area contributed by atoms with Gasteiger partial charge in [0.15, 0.2) is 0 Å². The van der Waals surface area contributed by atoms with E-state index < -0.39 is 23.9 Å². The van der Waals surface area contributed by atoms with Crippen LogP contribution in [0.15, 0.2) is 24.3 Å². The summed E-state index contributed by atoms with van der Waals surface area (Å²) in [6.45, 7) is -0.910. The lowest BCUT2D eigenvalue weighted by atomic mass is 9.76. The average Bonchev–Trinajstić information content (AvgIpc) is 2.32. The van der Waals surface area contributed by atoms with E-state index in [4.69, 9.17) is 5.73 Å². The first-order valence-corrected chi connectivity index (χ1v) is 5.33. The number of carboxylic acid groups (broad SMARTS) is 1. The molecule has 5 heteroatoms. The van der Waals surface area contributed by atoms with E-state index in [1.165, 1.54) is 18.2 Å². The van der Waals surface area contributed by atoms with Crippen LogP contribution in [0.1, 0.15) is 18.4 Å². The monoisotopic (exact) mass is 243 g/mol. The van der Waals surface area contributed by atoms with E-state index in [9.17, 15) is 18.7 Å². The molecule has 0 fully saturated rings. The van der Waals surface area contributed by atoms with Crippen LogP contribution in [0.3, 0.4) is 0 Å². The molecule has 0 spiro atoms. The molecule has 0 aliphatic carbocycles. The number of hydrogen-bond donors (Lipinski definition) is 2. The van der Waals surface area contributed by atoms with Crippen molar-refractivity contribution in [3.8, 4) is 0 Å². The van der Waals surface area contributed by atoms with Gasteiger partial charge in [0, 0.05) is 12.1 Å². The van der Waals surface area contributed by atoms with Crippen molar-refractivity contribution in [2.24, 2.45) is 5.73 Å². The highest BCUT2D eigenvalue weighted by Gasteiger charge is 2.40. The summed E-state index contributed by atoms with van der Waals surface area (Å²) in [5.41, 5.74) is 3.95. The SMILES string of the molecule is NCC(CCCF)(C(=O)O)c1ccccc1F. The summed E-state index contributed by atoms with van der Waals surface area (Å²) < 4.78 is 25.9. The Labute approximate surface area is 98.2 Å². The topological polar surface area (TPSA) is 63.3 Å². The number of halogens is 2. The second-order valence-corrected chi connectivity index (χ2v) is 3.86. The Kier molecular flexibility index (Phi) is 4.57. The Hall–Kier alpha value is -1.49. The summed E-state index contributed by atoms with van der Waals surface area (Å²) in [6, 6.07) is 5.57. The van der Waals surface area contributed by atoms with E-state index in [-0.39, 0.29) is 24.9 Å². The van der Waals surface area contributed by atoms with E-state index in [1.807, 2.05) is 0 Å².